The summed E-state index contributed by atoms with van der Waals surface area (Å²) in [6, 6.07) is 6.74. The summed E-state index contributed by atoms with van der Waals surface area (Å²) in [5.41, 5.74) is 1.96. The Morgan fingerprint density at radius 2 is 1.94 bits per heavy atom. The third kappa shape index (κ3) is 2.54. The smallest absolute Gasteiger partial charge is 0.128 e. The average Bonchev–Trinajstić information content (AvgIpc) is 2.37. The molecule has 0 spiro atoms. The van der Waals surface area contributed by atoms with Gasteiger partial charge < -0.3 is 5.32 Å². The minimum Gasteiger partial charge on any atom is -0.309 e. The molecule has 2 nitrogen and oxygen atoms in total. The fourth-order valence-electron chi connectivity index (χ4n) is 1.89. The average molecular weight is 248 g/mol. The molecule has 1 unspecified atom stereocenters. The van der Waals surface area contributed by atoms with Crippen molar-refractivity contribution >= 4 is 0 Å². The first-order valence-corrected chi connectivity index (χ1v) is 5.66. The quantitative estimate of drug-likeness (QED) is 0.903. The van der Waals surface area contributed by atoms with Crippen LogP contribution in [0.3, 0.4) is 0 Å². The van der Waals surface area contributed by atoms with E-state index < -0.39 is 17.7 Å². The number of aryl methyl sites for hydroxylation is 1. The van der Waals surface area contributed by atoms with Crippen LogP contribution in [0.4, 0.5) is 8.78 Å². The van der Waals surface area contributed by atoms with Gasteiger partial charge in [0.2, 0.25) is 0 Å². The van der Waals surface area contributed by atoms with Crippen molar-refractivity contribution in [2.45, 2.75) is 13.0 Å². The Morgan fingerprint density at radius 3 is 2.56 bits per heavy atom. The van der Waals surface area contributed by atoms with Gasteiger partial charge in [0.1, 0.15) is 11.6 Å². The maximum absolute atomic E-state index is 13.7. The molecule has 94 valence electrons. The Balaban J connectivity index is 2.44. The minimum absolute atomic E-state index is 0.281. The minimum atomic E-state index is -0.452. The first-order chi connectivity index (χ1) is 8.61. The summed E-state index contributed by atoms with van der Waals surface area (Å²) in [6.07, 6.45) is 1.67. The van der Waals surface area contributed by atoms with Gasteiger partial charge in [0.25, 0.3) is 0 Å². The molecule has 18 heavy (non-hydrogen) atoms. The van der Waals surface area contributed by atoms with Crippen molar-refractivity contribution in [2.75, 3.05) is 7.05 Å². The molecule has 1 aromatic heterocycles. The van der Waals surface area contributed by atoms with Gasteiger partial charge in [-0.15, -0.1) is 0 Å². The van der Waals surface area contributed by atoms with E-state index in [1.807, 2.05) is 19.1 Å². The van der Waals surface area contributed by atoms with Crippen LogP contribution in [0.15, 0.2) is 36.5 Å². The molecule has 1 atom stereocenters. The van der Waals surface area contributed by atoms with Gasteiger partial charge in [-0.05, 0) is 43.8 Å². The van der Waals surface area contributed by atoms with Crippen LogP contribution in [0, 0.1) is 18.6 Å². The van der Waals surface area contributed by atoms with Crippen LogP contribution in [0.1, 0.15) is 22.9 Å². The van der Waals surface area contributed by atoms with Crippen molar-refractivity contribution in [1.29, 1.82) is 0 Å². The van der Waals surface area contributed by atoms with E-state index >= 15 is 0 Å². The lowest BCUT2D eigenvalue weighted by atomic mass is 9.99. The van der Waals surface area contributed by atoms with Gasteiger partial charge in [-0.1, -0.05) is 6.07 Å². The Labute approximate surface area is 105 Å². The summed E-state index contributed by atoms with van der Waals surface area (Å²) in [5, 5.41) is 2.98. The third-order valence-electron chi connectivity index (χ3n) is 2.83. The first-order valence-electron chi connectivity index (χ1n) is 5.66. The second-order valence-electron chi connectivity index (χ2n) is 4.12. The highest BCUT2D eigenvalue weighted by Gasteiger charge is 2.17. The normalized spacial score (nSPS) is 12.4. The Bertz CT molecular complexity index is 538. The third-order valence-corrected chi connectivity index (χ3v) is 2.83. The van der Waals surface area contributed by atoms with E-state index in [9.17, 15) is 8.78 Å². The van der Waals surface area contributed by atoms with E-state index in [2.05, 4.69) is 10.3 Å². The standard InChI is InChI=1S/C14H14F2N2/c1-9-3-4-10(8-18-9)14(17-2)12-7-11(15)5-6-13(12)16/h3-8,14,17H,1-2H3. The number of aromatic nitrogens is 1. The van der Waals surface area contributed by atoms with Gasteiger partial charge in [-0.25, -0.2) is 8.78 Å². The summed E-state index contributed by atoms with van der Waals surface area (Å²) >= 11 is 0. The molecule has 0 saturated carbocycles. The molecule has 0 aliphatic carbocycles. The number of benzene rings is 1. The molecule has 0 radical (unpaired) electrons. The lowest BCUT2D eigenvalue weighted by Gasteiger charge is -2.17. The Morgan fingerprint density at radius 1 is 1.17 bits per heavy atom. The van der Waals surface area contributed by atoms with Crippen LogP contribution in [-0.4, -0.2) is 12.0 Å². The van der Waals surface area contributed by atoms with E-state index in [0.717, 1.165) is 23.4 Å². The van der Waals surface area contributed by atoms with E-state index in [0.29, 0.717) is 0 Å². The molecule has 1 aromatic carbocycles. The summed E-state index contributed by atoms with van der Waals surface area (Å²) in [6.45, 7) is 1.88. The van der Waals surface area contributed by atoms with Gasteiger partial charge in [0.15, 0.2) is 0 Å². The van der Waals surface area contributed by atoms with Crippen LogP contribution >= 0.6 is 0 Å². The van der Waals surface area contributed by atoms with Crippen LogP contribution < -0.4 is 5.32 Å². The van der Waals surface area contributed by atoms with Crippen LogP contribution in [0.5, 0.6) is 0 Å². The second-order valence-corrected chi connectivity index (χ2v) is 4.12. The van der Waals surface area contributed by atoms with Crippen molar-refractivity contribution in [2.24, 2.45) is 0 Å². The predicted molar refractivity (Wildman–Crippen MR) is 66.2 cm³/mol. The molecule has 0 saturated heterocycles. The van der Waals surface area contributed by atoms with Gasteiger partial charge in [-0.3, -0.25) is 4.98 Å². The Kier molecular flexibility index (Phi) is 3.67. The molecule has 2 aromatic rings. The summed E-state index contributed by atoms with van der Waals surface area (Å²) < 4.78 is 27.0. The first kappa shape index (κ1) is 12.6. The van der Waals surface area contributed by atoms with E-state index in [1.54, 1.807) is 13.2 Å². The van der Waals surface area contributed by atoms with Gasteiger partial charge in [0, 0.05) is 17.5 Å². The topological polar surface area (TPSA) is 24.9 Å². The van der Waals surface area contributed by atoms with Crippen LogP contribution in [0.25, 0.3) is 0 Å². The molecule has 4 heteroatoms. The van der Waals surface area contributed by atoms with Gasteiger partial charge in [-0.2, -0.15) is 0 Å². The van der Waals surface area contributed by atoms with Crippen molar-refractivity contribution in [1.82, 2.24) is 10.3 Å². The maximum Gasteiger partial charge on any atom is 0.128 e. The maximum atomic E-state index is 13.7. The van der Waals surface area contributed by atoms with E-state index in [4.69, 9.17) is 0 Å². The van der Waals surface area contributed by atoms with Crippen molar-refractivity contribution in [3.63, 3.8) is 0 Å². The molecule has 0 bridgehead atoms. The number of halogens is 2. The van der Waals surface area contributed by atoms with Gasteiger partial charge >= 0.3 is 0 Å². The highest BCUT2D eigenvalue weighted by Crippen LogP contribution is 2.24. The van der Waals surface area contributed by atoms with Crippen molar-refractivity contribution in [3.8, 4) is 0 Å². The zero-order valence-corrected chi connectivity index (χ0v) is 10.2. The monoisotopic (exact) mass is 248 g/mol. The van der Waals surface area contributed by atoms with Crippen molar-refractivity contribution < 1.29 is 8.78 Å². The largest absolute Gasteiger partial charge is 0.309 e. The Hall–Kier alpha value is -1.81. The summed E-state index contributed by atoms with van der Waals surface area (Å²) in [7, 11) is 1.70. The zero-order valence-electron chi connectivity index (χ0n) is 10.2. The molecule has 0 amide bonds. The highest BCUT2D eigenvalue weighted by molar-refractivity contribution is 5.32. The molecule has 2 rings (SSSR count). The predicted octanol–water partition coefficient (Wildman–Crippen LogP) is 2.98. The van der Waals surface area contributed by atoms with Crippen LogP contribution in [-0.2, 0) is 0 Å². The molecule has 1 heterocycles. The van der Waals surface area contributed by atoms with E-state index in [1.165, 1.54) is 6.07 Å². The fourth-order valence-corrected chi connectivity index (χ4v) is 1.89. The lowest BCUT2D eigenvalue weighted by Crippen LogP contribution is -2.19. The number of hydrogen-bond donors (Lipinski definition) is 1. The zero-order chi connectivity index (χ0) is 13.1. The molecule has 0 aliphatic heterocycles. The molecule has 0 aliphatic rings. The van der Waals surface area contributed by atoms with Gasteiger partial charge in [0.05, 0.1) is 6.04 Å². The molecular formula is C14H14F2N2. The number of nitrogens with zero attached hydrogens (tertiary/aromatic N) is 1. The lowest BCUT2D eigenvalue weighted by molar-refractivity contribution is 0.557. The molecular weight excluding hydrogens is 234 g/mol. The number of pyridine rings is 1. The number of rotatable bonds is 3. The number of nitrogens with one attached hydrogen (secondary N) is 1. The molecule has 1 N–H and O–H groups in total. The number of hydrogen-bond acceptors (Lipinski definition) is 2. The SMILES string of the molecule is CNC(c1ccc(C)nc1)c1cc(F)ccc1F. The summed E-state index contributed by atoms with van der Waals surface area (Å²) in [5.74, 6) is -0.886. The van der Waals surface area contributed by atoms with Crippen molar-refractivity contribution in [3.05, 3.63) is 65.0 Å². The second kappa shape index (κ2) is 5.23. The summed E-state index contributed by atoms with van der Waals surface area (Å²) in [4.78, 5) is 4.17. The van der Waals surface area contributed by atoms with Crippen LogP contribution in [0.2, 0.25) is 0 Å². The highest BCUT2D eigenvalue weighted by atomic mass is 19.1. The van der Waals surface area contributed by atoms with E-state index in [-0.39, 0.29) is 5.56 Å². The fraction of sp³-hybridized carbons (Fsp3) is 0.214. The molecule has 0 fully saturated rings.